The Bertz CT molecular complexity index is 587. The van der Waals surface area contributed by atoms with Gasteiger partial charge in [-0.05, 0) is 36.6 Å². The Morgan fingerprint density at radius 1 is 1.33 bits per heavy atom. The third-order valence-electron chi connectivity index (χ3n) is 4.09. The average molecular weight is 335 g/mol. The zero-order valence-electron chi connectivity index (χ0n) is 14.3. The fourth-order valence-electron chi connectivity index (χ4n) is 2.67. The Kier molecular flexibility index (Phi) is 6.75. The Balaban J connectivity index is 2.08. The smallest absolute Gasteiger partial charge is 0.308 e. The number of carboxylic acid groups (broad SMARTS) is 1. The van der Waals surface area contributed by atoms with E-state index in [1.54, 1.807) is 17.9 Å². The SMILES string of the molecule is CCOCCCN(CC(C)C(=O)O)C(=O)c1ccc2c(c1)COC2. The minimum atomic E-state index is -0.903. The number of rotatable bonds is 9. The summed E-state index contributed by atoms with van der Waals surface area (Å²) in [5.41, 5.74) is 2.71. The summed E-state index contributed by atoms with van der Waals surface area (Å²) < 4.78 is 10.7. The highest BCUT2D eigenvalue weighted by Gasteiger charge is 2.23. The summed E-state index contributed by atoms with van der Waals surface area (Å²) in [5.74, 6) is -1.66. The summed E-state index contributed by atoms with van der Waals surface area (Å²) in [7, 11) is 0. The van der Waals surface area contributed by atoms with E-state index in [0.717, 1.165) is 11.1 Å². The first-order valence-electron chi connectivity index (χ1n) is 8.32. The van der Waals surface area contributed by atoms with Crippen LogP contribution in [0.5, 0.6) is 0 Å². The number of benzene rings is 1. The van der Waals surface area contributed by atoms with Gasteiger partial charge in [-0.3, -0.25) is 9.59 Å². The number of nitrogens with zero attached hydrogens (tertiary/aromatic N) is 1. The predicted octanol–water partition coefficient (Wildman–Crippen LogP) is 2.31. The summed E-state index contributed by atoms with van der Waals surface area (Å²) >= 11 is 0. The van der Waals surface area contributed by atoms with Crippen LogP contribution in [0.2, 0.25) is 0 Å². The van der Waals surface area contributed by atoms with E-state index in [0.29, 0.717) is 45.0 Å². The monoisotopic (exact) mass is 335 g/mol. The highest BCUT2D eigenvalue weighted by molar-refractivity contribution is 5.94. The van der Waals surface area contributed by atoms with Crippen molar-refractivity contribution in [2.24, 2.45) is 5.92 Å². The van der Waals surface area contributed by atoms with Crippen LogP contribution in [-0.4, -0.2) is 48.2 Å². The van der Waals surface area contributed by atoms with Gasteiger partial charge in [-0.1, -0.05) is 13.0 Å². The first-order chi connectivity index (χ1) is 11.5. The molecule has 0 bridgehead atoms. The van der Waals surface area contributed by atoms with E-state index in [2.05, 4.69) is 0 Å². The molecule has 6 nitrogen and oxygen atoms in total. The maximum absolute atomic E-state index is 12.8. The molecular formula is C18H25NO5. The van der Waals surface area contributed by atoms with Gasteiger partial charge in [0.25, 0.3) is 5.91 Å². The van der Waals surface area contributed by atoms with Crippen LogP contribution in [0.15, 0.2) is 18.2 Å². The van der Waals surface area contributed by atoms with Crippen molar-refractivity contribution < 1.29 is 24.2 Å². The summed E-state index contributed by atoms with van der Waals surface area (Å²) in [6, 6.07) is 5.55. The topological polar surface area (TPSA) is 76.1 Å². The molecule has 1 N–H and O–H groups in total. The summed E-state index contributed by atoms with van der Waals surface area (Å²) in [5, 5.41) is 9.14. The Labute approximate surface area is 142 Å². The Hall–Kier alpha value is -1.92. The lowest BCUT2D eigenvalue weighted by atomic mass is 10.0. The first-order valence-corrected chi connectivity index (χ1v) is 8.32. The molecule has 0 spiro atoms. The second kappa shape index (κ2) is 8.80. The zero-order chi connectivity index (χ0) is 17.5. The van der Waals surface area contributed by atoms with Gasteiger partial charge in [-0.15, -0.1) is 0 Å². The molecule has 132 valence electrons. The van der Waals surface area contributed by atoms with E-state index in [4.69, 9.17) is 14.6 Å². The van der Waals surface area contributed by atoms with Crippen molar-refractivity contribution in [2.75, 3.05) is 26.3 Å². The van der Waals surface area contributed by atoms with E-state index >= 15 is 0 Å². The quantitative estimate of drug-likeness (QED) is 0.701. The normalized spacial score (nSPS) is 14.2. The number of carbonyl (C=O) groups excluding carboxylic acids is 1. The molecule has 0 aliphatic carbocycles. The molecule has 0 fully saturated rings. The minimum absolute atomic E-state index is 0.144. The summed E-state index contributed by atoms with van der Waals surface area (Å²) in [4.78, 5) is 25.6. The van der Waals surface area contributed by atoms with Gasteiger partial charge < -0.3 is 19.5 Å². The molecule has 1 unspecified atom stereocenters. The van der Waals surface area contributed by atoms with Gasteiger partial charge in [0.15, 0.2) is 0 Å². The third kappa shape index (κ3) is 4.79. The van der Waals surface area contributed by atoms with Crippen LogP contribution in [-0.2, 0) is 27.5 Å². The summed E-state index contributed by atoms with van der Waals surface area (Å²) in [6.45, 7) is 6.48. The average Bonchev–Trinajstić information content (AvgIpc) is 3.04. The largest absolute Gasteiger partial charge is 0.481 e. The molecule has 1 aliphatic rings. The number of carboxylic acids is 1. The van der Waals surface area contributed by atoms with Gasteiger partial charge in [-0.2, -0.15) is 0 Å². The molecule has 24 heavy (non-hydrogen) atoms. The number of hydrogen-bond donors (Lipinski definition) is 1. The standard InChI is InChI=1S/C18H25NO5/c1-3-23-8-4-7-19(10-13(2)18(21)22)17(20)14-5-6-15-11-24-12-16(15)9-14/h5-6,9,13H,3-4,7-8,10-12H2,1-2H3,(H,21,22). The third-order valence-corrected chi connectivity index (χ3v) is 4.09. The second-order valence-electron chi connectivity index (χ2n) is 6.02. The zero-order valence-corrected chi connectivity index (χ0v) is 14.3. The van der Waals surface area contributed by atoms with Gasteiger partial charge in [0.05, 0.1) is 19.1 Å². The van der Waals surface area contributed by atoms with Crippen molar-refractivity contribution in [1.82, 2.24) is 4.90 Å². The van der Waals surface area contributed by atoms with Crippen LogP contribution < -0.4 is 0 Å². The molecule has 6 heteroatoms. The maximum Gasteiger partial charge on any atom is 0.308 e. The molecule has 0 saturated heterocycles. The fraction of sp³-hybridized carbons (Fsp3) is 0.556. The molecule has 0 saturated carbocycles. The van der Waals surface area contributed by atoms with Crippen molar-refractivity contribution in [3.63, 3.8) is 0 Å². The van der Waals surface area contributed by atoms with Crippen molar-refractivity contribution in [2.45, 2.75) is 33.5 Å². The highest BCUT2D eigenvalue weighted by atomic mass is 16.5. The molecule has 1 aliphatic heterocycles. The van der Waals surface area contributed by atoms with Crippen molar-refractivity contribution in [3.8, 4) is 0 Å². The van der Waals surface area contributed by atoms with Crippen molar-refractivity contribution in [3.05, 3.63) is 34.9 Å². The predicted molar refractivity (Wildman–Crippen MR) is 88.7 cm³/mol. The van der Waals surface area contributed by atoms with Gasteiger partial charge in [0.1, 0.15) is 0 Å². The number of aliphatic carboxylic acids is 1. The van der Waals surface area contributed by atoms with Crippen LogP contribution >= 0.6 is 0 Å². The van der Waals surface area contributed by atoms with Crippen LogP contribution in [0.25, 0.3) is 0 Å². The van der Waals surface area contributed by atoms with Gasteiger partial charge >= 0.3 is 5.97 Å². The number of carbonyl (C=O) groups is 2. The molecular weight excluding hydrogens is 310 g/mol. The van der Waals surface area contributed by atoms with Crippen LogP contribution in [0.1, 0.15) is 41.8 Å². The fourth-order valence-corrected chi connectivity index (χ4v) is 2.67. The van der Waals surface area contributed by atoms with E-state index < -0.39 is 11.9 Å². The van der Waals surface area contributed by atoms with Gasteiger partial charge in [-0.25, -0.2) is 0 Å². The lowest BCUT2D eigenvalue weighted by Gasteiger charge is -2.25. The molecule has 1 heterocycles. The van der Waals surface area contributed by atoms with Crippen molar-refractivity contribution >= 4 is 11.9 Å². The molecule has 2 rings (SSSR count). The highest BCUT2D eigenvalue weighted by Crippen LogP contribution is 2.22. The molecule has 0 aromatic heterocycles. The number of amides is 1. The maximum atomic E-state index is 12.8. The Morgan fingerprint density at radius 2 is 2.08 bits per heavy atom. The van der Waals surface area contributed by atoms with E-state index in [1.165, 1.54) is 0 Å². The van der Waals surface area contributed by atoms with Gasteiger partial charge in [0.2, 0.25) is 0 Å². The number of fused-ring (bicyclic) bond motifs is 1. The second-order valence-corrected chi connectivity index (χ2v) is 6.02. The van der Waals surface area contributed by atoms with Crippen LogP contribution in [0.3, 0.4) is 0 Å². The van der Waals surface area contributed by atoms with Crippen LogP contribution in [0, 0.1) is 5.92 Å². The Morgan fingerprint density at radius 3 is 2.79 bits per heavy atom. The van der Waals surface area contributed by atoms with Crippen LogP contribution in [0.4, 0.5) is 0 Å². The van der Waals surface area contributed by atoms with E-state index in [-0.39, 0.29) is 12.5 Å². The number of hydrogen-bond acceptors (Lipinski definition) is 4. The first kappa shape index (κ1) is 18.4. The lowest BCUT2D eigenvalue weighted by molar-refractivity contribution is -0.141. The van der Waals surface area contributed by atoms with Crippen molar-refractivity contribution in [1.29, 1.82) is 0 Å². The summed E-state index contributed by atoms with van der Waals surface area (Å²) in [6.07, 6.45) is 0.681. The molecule has 1 amide bonds. The molecule has 0 radical (unpaired) electrons. The minimum Gasteiger partial charge on any atom is -0.481 e. The molecule has 1 aromatic carbocycles. The molecule has 1 atom stereocenters. The lowest BCUT2D eigenvalue weighted by Crippen LogP contribution is -2.38. The molecule has 1 aromatic rings. The van der Waals surface area contributed by atoms with E-state index in [1.807, 2.05) is 19.1 Å². The van der Waals surface area contributed by atoms with Gasteiger partial charge in [0, 0.05) is 31.9 Å². The number of ether oxygens (including phenoxy) is 2. The van der Waals surface area contributed by atoms with E-state index in [9.17, 15) is 9.59 Å².